The van der Waals surface area contributed by atoms with E-state index in [4.69, 9.17) is 0 Å². The Hall–Kier alpha value is -2.47. The van der Waals surface area contributed by atoms with E-state index in [0.29, 0.717) is 11.4 Å². The SMILES string of the molecule is Cc1cc(N[C@@H]2CCCNC2)nnc1-c1ccc2c(F)c[nH]c2c1. The van der Waals surface area contributed by atoms with E-state index in [1.165, 1.54) is 12.6 Å². The van der Waals surface area contributed by atoms with Crippen LogP contribution >= 0.6 is 0 Å². The highest BCUT2D eigenvalue weighted by Gasteiger charge is 2.14. The van der Waals surface area contributed by atoms with Gasteiger partial charge in [0.1, 0.15) is 11.6 Å². The number of hydrogen-bond acceptors (Lipinski definition) is 4. The van der Waals surface area contributed by atoms with Crippen LogP contribution in [-0.4, -0.2) is 34.3 Å². The Morgan fingerprint density at radius 2 is 2.17 bits per heavy atom. The molecule has 124 valence electrons. The molecule has 1 aliphatic heterocycles. The number of rotatable bonds is 3. The van der Waals surface area contributed by atoms with Crippen LogP contribution in [0, 0.1) is 12.7 Å². The molecule has 0 saturated carbocycles. The molecule has 4 rings (SSSR count). The molecule has 6 heteroatoms. The summed E-state index contributed by atoms with van der Waals surface area (Å²) >= 11 is 0. The zero-order valence-electron chi connectivity index (χ0n) is 13.6. The summed E-state index contributed by atoms with van der Waals surface area (Å²) in [6.45, 7) is 4.06. The van der Waals surface area contributed by atoms with Crippen LogP contribution in [0.4, 0.5) is 10.2 Å². The number of aromatic amines is 1. The van der Waals surface area contributed by atoms with Gasteiger partial charge in [0.05, 0.1) is 5.69 Å². The smallest absolute Gasteiger partial charge is 0.149 e. The van der Waals surface area contributed by atoms with Crippen molar-refractivity contribution in [3.63, 3.8) is 0 Å². The van der Waals surface area contributed by atoms with Gasteiger partial charge in [-0.3, -0.25) is 0 Å². The molecule has 1 atom stereocenters. The molecule has 3 heterocycles. The van der Waals surface area contributed by atoms with Crippen molar-refractivity contribution in [2.45, 2.75) is 25.8 Å². The van der Waals surface area contributed by atoms with E-state index in [2.05, 4.69) is 25.8 Å². The minimum absolute atomic E-state index is 0.236. The number of anilines is 1. The third kappa shape index (κ3) is 2.85. The van der Waals surface area contributed by atoms with Crippen molar-refractivity contribution in [2.75, 3.05) is 18.4 Å². The molecule has 5 nitrogen and oxygen atoms in total. The number of fused-ring (bicyclic) bond motifs is 1. The van der Waals surface area contributed by atoms with Gasteiger partial charge in [0.2, 0.25) is 0 Å². The molecule has 0 amide bonds. The summed E-state index contributed by atoms with van der Waals surface area (Å²) in [5, 5.41) is 16.1. The van der Waals surface area contributed by atoms with Crippen LogP contribution in [0.5, 0.6) is 0 Å². The summed E-state index contributed by atoms with van der Waals surface area (Å²) in [5.74, 6) is 0.567. The minimum atomic E-state index is -0.236. The molecule has 0 unspecified atom stereocenters. The maximum atomic E-state index is 13.6. The summed E-state index contributed by atoms with van der Waals surface area (Å²) < 4.78 is 13.6. The molecule has 3 N–H and O–H groups in total. The van der Waals surface area contributed by atoms with Gasteiger partial charge in [0.25, 0.3) is 0 Å². The standard InChI is InChI=1S/C18H20FN5/c1-11-7-17(22-13-3-2-6-20-9-13)23-24-18(11)12-4-5-14-15(19)10-21-16(14)8-12/h4-5,7-8,10,13,20-21H,2-3,6,9H2,1H3,(H,22,23)/t13-/m1/s1. The minimum Gasteiger partial charge on any atom is -0.365 e. The fourth-order valence-corrected chi connectivity index (χ4v) is 3.26. The molecule has 1 aliphatic rings. The lowest BCUT2D eigenvalue weighted by Gasteiger charge is -2.24. The molecule has 1 saturated heterocycles. The van der Waals surface area contributed by atoms with Gasteiger partial charge in [-0.05, 0) is 50.1 Å². The summed E-state index contributed by atoms with van der Waals surface area (Å²) in [6.07, 6.45) is 3.69. The number of nitrogens with zero attached hydrogens (tertiary/aromatic N) is 2. The number of hydrogen-bond donors (Lipinski definition) is 3. The highest BCUT2D eigenvalue weighted by atomic mass is 19.1. The Balaban J connectivity index is 1.60. The summed E-state index contributed by atoms with van der Waals surface area (Å²) in [6, 6.07) is 7.99. The number of aryl methyl sites for hydroxylation is 1. The van der Waals surface area contributed by atoms with Gasteiger partial charge in [0, 0.05) is 35.2 Å². The highest BCUT2D eigenvalue weighted by molar-refractivity contribution is 5.85. The van der Waals surface area contributed by atoms with E-state index in [0.717, 1.165) is 47.7 Å². The molecular weight excluding hydrogens is 305 g/mol. The lowest BCUT2D eigenvalue weighted by Crippen LogP contribution is -2.38. The number of halogens is 1. The van der Waals surface area contributed by atoms with Gasteiger partial charge in [-0.25, -0.2) is 4.39 Å². The van der Waals surface area contributed by atoms with Crippen molar-refractivity contribution in [3.05, 3.63) is 41.8 Å². The van der Waals surface area contributed by atoms with Crippen LogP contribution in [0.15, 0.2) is 30.5 Å². The predicted molar refractivity (Wildman–Crippen MR) is 93.5 cm³/mol. The maximum Gasteiger partial charge on any atom is 0.149 e. The van der Waals surface area contributed by atoms with Gasteiger partial charge in [-0.1, -0.05) is 6.07 Å². The van der Waals surface area contributed by atoms with E-state index >= 15 is 0 Å². The van der Waals surface area contributed by atoms with E-state index in [1.807, 2.05) is 25.1 Å². The summed E-state index contributed by atoms with van der Waals surface area (Å²) in [4.78, 5) is 2.94. The number of piperidine rings is 1. The van der Waals surface area contributed by atoms with Gasteiger partial charge < -0.3 is 15.6 Å². The van der Waals surface area contributed by atoms with Crippen LogP contribution in [0.3, 0.4) is 0 Å². The largest absolute Gasteiger partial charge is 0.365 e. The lowest BCUT2D eigenvalue weighted by molar-refractivity contribution is 0.478. The number of benzene rings is 1. The number of H-pyrrole nitrogens is 1. The zero-order chi connectivity index (χ0) is 16.5. The molecule has 2 aromatic heterocycles. The molecule has 24 heavy (non-hydrogen) atoms. The Morgan fingerprint density at radius 1 is 1.25 bits per heavy atom. The number of aromatic nitrogens is 3. The Labute approximate surface area is 139 Å². The van der Waals surface area contributed by atoms with Crippen molar-refractivity contribution < 1.29 is 4.39 Å². The van der Waals surface area contributed by atoms with Crippen molar-refractivity contribution in [3.8, 4) is 11.3 Å². The lowest BCUT2D eigenvalue weighted by atomic mass is 10.1. The molecule has 0 bridgehead atoms. The third-order valence-electron chi connectivity index (χ3n) is 4.54. The Kier molecular flexibility index (Phi) is 3.90. The quantitative estimate of drug-likeness (QED) is 0.692. The Morgan fingerprint density at radius 3 is 2.96 bits per heavy atom. The van der Waals surface area contributed by atoms with Crippen LogP contribution in [-0.2, 0) is 0 Å². The van der Waals surface area contributed by atoms with E-state index in [1.54, 1.807) is 6.07 Å². The topological polar surface area (TPSA) is 65.6 Å². The third-order valence-corrected chi connectivity index (χ3v) is 4.54. The maximum absolute atomic E-state index is 13.6. The first-order valence-electron chi connectivity index (χ1n) is 8.29. The van der Waals surface area contributed by atoms with Gasteiger partial charge in [-0.15, -0.1) is 10.2 Å². The molecule has 1 aromatic carbocycles. The summed E-state index contributed by atoms with van der Waals surface area (Å²) in [5.41, 5.74) is 3.56. The van der Waals surface area contributed by atoms with Crippen molar-refractivity contribution in [1.82, 2.24) is 20.5 Å². The first-order chi connectivity index (χ1) is 11.7. The Bertz CT molecular complexity index is 867. The average Bonchev–Trinajstić information content (AvgIpc) is 2.96. The fraction of sp³-hybridized carbons (Fsp3) is 0.333. The van der Waals surface area contributed by atoms with Crippen LogP contribution in [0.2, 0.25) is 0 Å². The predicted octanol–water partition coefficient (Wildman–Crippen LogP) is 3.24. The highest BCUT2D eigenvalue weighted by Crippen LogP contribution is 2.26. The molecule has 0 aliphatic carbocycles. The fourth-order valence-electron chi connectivity index (χ4n) is 3.26. The van der Waals surface area contributed by atoms with Crippen molar-refractivity contribution >= 4 is 16.7 Å². The van der Waals surface area contributed by atoms with Gasteiger partial charge >= 0.3 is 0 Å². The van der Waals surface area contributed by atoms with Crippen LogP contribution < -0.4 is 10.6 Å². The van der Waals surface area contributed by atoms with E-state index < -0.39 is 0 Å². The summed E-state index contributed by atoms with van der Waals surface area (Å²) in [7, 11) is 0. The second-order valence-electron chi connectivity index (χ2n) is 6.35. The molecule has 0 spiro atoms. The normalized spacial score (nSPS) is 18.0. The second kappa shape index (κ2) is 6.20. The monoisotopic (exact) mass is 325 g/mol. The van der Waals surface area contributed by atoms with Gasteiger partial charge in [-0.2, -0.15) is 0 Å². The first kappa shape index (κ1) is 15.1. The first-order valence-corrected chi connectivity index (χ1v) is 8.29. The van der Waals surface area contributed by atoms with Crippen LogP contribution in [0.25, 0.3) is 22.2 Å². The average molecular weight is 325 g/mol. The van der Waals surface area contributed by atoms with Gasteiger partial charge in [0.15, 0.2) is 0 Å². The molecule has 3 aromatic rings. The molecular formula is C18H20FN5. The van der Waals surface area contributed by atoms with Crippen molar-refractivity contribution in [1.29, 1.82) is 0 Å². The molecule has 0 radical (unpaired) electrons. The van der Waals surface area contributed by atoms with Crippen LogP contribution in [0.1, 0.15) is 18.4 Å². The second-order valence-corrected chi connectivity index (χ2v) is 6.35. The van der Waals surface area contributed by atoms with E-state index in [9.17, 15) is 4.39 Å². The van der Waals surface area contributed by atoms with Crippen molar-refractivity contribution in [2.24, 2.45) is 0 Å². The molecule has 1 fully saturated rings. The van der Waals surface area contributed by atoms with E-state index in [-0.39, 0.29) is 5.82 Å². The zero-order valence-corrected chi connectivity index (χ0v) is 13.6. The number of nitrogens with one attached hydrogen (secondary N) is 3.